The van der Waals surface area contributed by atoms with E-state index in [4.69, 9.17) is 17.3 Å². The van der Waals surface area contributed by atoms with Gasteiger partial charge in [-0.15, -0.1) is 10.2 Å². The highest BCUT2D eigenvalue weighted by Crippen LogP contribution is 2.25. The third-order valence-electron chi connectivity index (χ3n) is 1.96. The van der Waals surface area contributed by atoms with E-state index in [0.717, 1.165) is 11.8 Å². The van der Waals surface area contributed by atoms with Crippen LogP contribution in [0, 0.1) is 0 Å². The third kappa shape index (κ3) is 4.12. The van der Waals surface area contributed by atoms with Crippen LogP contribution in [0.2, 0.25) is 5.15 Å². The number of aliphatic hydroxyl groups is 2. The van der Waals surface area contributed by atoms with E-state index in [-0.39, 0.29) is 27.4 Å². The van der Waals surface area contributed by atoms with Crippen LogP contribution in [0.25, 0.3) is 0 Å². The summed E-state index contributed by atoms with van der Waals surface area (Å²) in [5.41, 5.74) is 5.70. The number of nitrogens with two attached hydrogens (primary N) is 1. The minimum absolute atomic E-state index is 0.00576. The van der Waals surface area contributed by atoms with Crippen LogP contribution in [0.1, 0.15) is 18.6 Å². The quantitative estimate of drug-likeness (QED) is 0.730. The van der Waals surface area contributed by atoms with Gasteiger partial charge in [0.1, 0.15) is 6.10 Å². The maximum atomic E-state index is 10.7. The van der Waals surface area contributed by atoms with Crippen LogP contribution in [0.5, 0.6) is 0 Å². The zero-order chi connectivity index (χ0) is 13.0. The van der Waals surface area contributed by atoms with E-state index < -0.39 is 12.2 Å². The second kappa shape index (κ2) is 6.15. The Morgan fingerprint density at radius 2 is 2.24 bits per heavy atom. The fourth-order valence-electron chi connectivity index (χ4n) is 1.13. The molecule has 2 unspecified atom stereocenters. The summed E-state index contributed by atoms with van der Waals surface area (Å²) in [7, 11) is 0. The Morgan fingerprint density at radius 3 is 2.82 bits per heavy atom. The molecule has 0 aliphatic heterocycles. The summed E-state index contributed by atoms with van der Waals surface area (Å²) >= 11 is 6.53. The maximum absolute atomic E-state index is 10.7. The van der Waals surface area contributed by atoms with E-state index >= 15 is 0 Å². The molecule has 17 heavy (non-hydrogen) atoms. The summed E-state index contributed by atoms with van der Waals surface area (Å²) in [6.45, 7) is 1.38. The van der Waals surface area contributed by atoms with Crippen LogP contribution in [-0.2, 0) is 4.79 Å². The number of nitrogen functional groups attached to an aromatic ring is 1. The van der Waals surface area contributed by atoms with E-state index in [0.29, 0.717) is 0 Å². The molecule has 0 saturated carbocycles. The van der Waals surface area contributed by atoms with Crippen LogP contribution < -0.4 is 5.73 Å². The van der Waals surface area contributed by atoms with Crippen molar-refractivity contribution >= 4 is 34.3 Å². The zero-order valence-corrected chi connectivity index (χ0v) is 10.6. The van der Waals surface area contributed by atoms with Gasteiger partial charge in [0.05, 0.1) is 6.10 Å². The first-order valence-corrected chi connectivity index (χ1v) is 6.06. The van der Waals surface area contributed by atoms with Crippen molar-refractivity contribution < 1.29 is 15.0 Å². The lowest BCUT2D eigenvalue weighted by molar-refractivity contribution is -0.109. The molecule has 8 heteroatoms. The van der Waals surface area contributed by atoms with Gasteiger partial charge < -0.3 is 15.9 Å². The fourth-order valence-corrected chi connectivity index (χ4v) is 1.87. The van der Waals surface area contributed by atoms with E-state index in [9.17, 15) is 15.0 Å². The minimum Gasteiger partial charge on any atom is -0.389 e. The number of carbonyl (C=O) groups excluding carboxylic acids is 1. The predicted molar refractivity (Wildman–Crippen MR) is 65.6 cm³/mol. The molecule has 4 N–H and O–H groups in total. The highest BCUT2D eigenvalue weighted by atomic mass is 35.5. The number of hydrogen-bond acceptors (Lipinski definition) is 7. The van der Waals surface area contributed by atoms with Gasteiger partial charge in [0.25, 0.3) is 0 Å². The van der Waals surface area contributed by atoms with Gasteiger partial charge in [0.2, 0.25) is 0 Å². The Hall–Kier alpha value is -0.890. The molecule has 0 aliphatic rings. The highest BCUT2D eigenvalue weighted by molar-refractivity contribution is 8.13. The molecule has 0 saturated heterocycles. The Labute approximate surface area is 107 Å². The number of hydrogen-bond donors (Lipinski definition) is 3. The largest absolute Gasteiger partial charge is 0.389 e. The Bertz CT molecular complexity index is 418. The highest BCUT2D eigenvalue weighted by Gasteiger charge is 2.22. The van der Waals surface area contributed by atoms with Gasteiger partial charge in [0.15, 0.2) is 16.1 Å². The summed E-state index contributed by atoms with van der Waals surface area (Å²) in [4.78, 5) is 10.7. The topological polar surface area (TPSA) is 109 Å². The molecule has 0 bridgehead atoms. The van der Waals surface area contributed by atoms with Crippen molar-refractivity contribution in [1.82, 2.24) is 10.2 Å². The lowest BCUT2D eigenvalue weighted by Crippen LogP contribution is -2.22. The molecule has 1 heterocycles. The second-order valence-corrected chi connectivity index (χ2v) is 4.91. The van der Waals surface area contributed by atoms with Gasteiger partial charge in [-0.2, -0.15) is 0 Å². The Balaban J connectivity index is 2.77. The molecule has 94 valence electrons. The number of aromatic nitrogens is 2. The molecule has 0 amide bonds. The van der Waals surface area contributed by atoms with Crippen molar-refractivity contribution in [2.24, 2.45) is 0 Å². The molecule has 1 aromatic rings. The van der Waals surface area contributed by atoms with Gasteiger partial charge in [-0.25, -0.2) is 0 Å². The lowest BCUT2D eigenvalue weighted by atomic mass is 10.1. The van der Waals surface area contributed by atoms with Crippen LogP contribution in [0.4, 0.5) is 5.82 Å². The average Bonchev–Trinajstić information content (AvgIpc) is 2.28. The van der Waals surface area contributed by atoms with Crippen molar-refractivity contribution in [2.75, 3.05) is 11.5 Å². The van der Waals surface area contributed by atoms with Crippen molar-refractivity contribution in [2.45, 2.75) is 19.1 Å². The summed E-state index contributed by atoms with van der Waals surface area (Å²) in [6, 6.07) is 1.33. The van der Waals surface area contributed by atoms with Crippen LogP contribution >= 0.6 is 23.4 Å². The molecular formula is C9H12ClN3O3S. The van der Waals surface area contributed by atoms with E-state index in [1.54, 1.807) is 0 Å². The summed E-state index contributed by atoms with van der Waals surface area (Å²) in [6.07, 6.45) is -2.39. The smallest absolute Gasteiger partial charge is 0.185 e. The van der Waals surface area contributed by atoms with Crippen LogP contribution in [0.15, 0.2) is 6.07 Å². The number of nitrogens with zero attached hydrogens (tertiary/aromatic N) is 2. The number of carbonyl (C=O) groups is 1. The maximum Gasteiger partial charge on any atom is 0.185 e. The average molecular weight is 278 g/mol. The monoisotopic (exact) mass is 277 g/mol. The van der Waals surface area contributed by atoms with Gasteiger partial charge in [0, 0.05) is 18.2 Å². The van der Waals surface area contributed by atoms with Gasteiger partial charge >= 0.3 is 0 Å². The van der Waals surface area contributed by atoms with Gasteiger partial charge in [-0.3, -0.25) is 4.79 Å². The Morgan fingerprint density at radius 1 is 1.59 bits per heavy atom. The number of halogens is 1. The molecule has 0 spiro atoms. The first-order chi connectivity index (χ1) is 7.91. The third-order valence-corrected chi connectivity index (χ3v) is 3.06. The van der Waals surface area contributed by atoms with Gasteiger partial charge in [-0.05, 0) is 6.07 Å². The Kier molecular flexibility index (Phi) is 5.13. The first kappa shape index (κ1) is 14.2. The predicted octanol–water partition coefficient (Wildman–Crippen LogP) is 0.386. The number of thioether (sulfide) groups is 1. The fraction of sp³-hybridized carbons (Fsp3) is 0.444. The SMILES string of the molecule is CC(=O)SCC(O)C(O)c1cc(Cl)nnc1N. The van der Waals surface area contributed by atoms with E-state index in [1.165, 1.54) is 13.0 Å². The number of anilines is 1. The zero-order valence-electron chi connectivity index (χ0n) is 9.00. The summed E-state index contributed by atoms with van der Waals surface area (Å²) in [5, 5.41) is 26.4. The molecule has 1 rings (SSSR count). The molecule has 1 aromatic heterocycles. The molecule has 0 fully saturated rings. The number of rotatable bonds is 4. The van der Waals surface area contributed by atoms with E-state index in [2.05, 4.69) is 10.2 Å². The molecule has 0 radical (unpaired) electrons. The molecule has 0 aromatic carbocycles. The standard InChI is InChI=1S/C9H12ClN3O3S/c1-4(14)17-3-6(15)8(16)5-2-7(10)12-13-9(5)11/h2,6,8,15-16H,3H2,1H3,(H2,11,13). The van der Waals surface area contributed by atoms with Crippen molar-refractivity contribution in [3.8, 4) is 0 Å². The summed E-state index contributed by atoms with van der Waals surface area (Å²) < 4.78 is 0. The lowest BCUT2D eigenvalue weighted by Gasteiger charge is -2.18. The molecule has 2 atom stereocenters. The number of aliphatic hydroxyl groups excluding tert-OH is 2. The second-order valence-electron chi connectivity index (χ2n) is 3.32. The normalized spacial score (nSPS) is 14.4. The van der Waals surface area contributed by atoms with Crippen molar-refractivity contribution in [3.63, 3.8) is 0 Å². The van der Waals surface area contributed by atoms with Crippen molar-refractivity contribution in [3.05, 3.63) is 16.8 Å². The van der Waals surface area contributed by atoms with Crippen LogP contribution in [-0.4, -0.2) is 37.4 Å². The van der Waals surface area contributed by atoms with Crippen LogP contribution in [0.3, 0.4) is 0 Å². The van der Waals surface area contributed by atoms with Crippen molar-refractivity contribution in [1.29, 1.82) is 0 Å². The summed E-state index contributed by atoms with van der Waals surface area (Å²) in [5.74, 6) is 0.0596. The molecule has 0 aliphatic carbocycles. The van der Waals surface area contributed by atoms with Gasteiger partial charge in [-0.1, -0.05) is 23.4 Å². The van der Waals surface area contributed by atoms with E-state index in [1.807, 2.05) is 0 Å². The minimum atomic E-state index is -1.25. The molecule has 6 nitrogen and oxygen atoms in total. The first-order valence-electron chi connectivity index (χ1n) is 4.70. The molecular weight excluding hydrogens is 266 g/mol.